The molecule has 1 N–H and O–H groups in total. The standard InChI is InChI=1S/C20H20N2O4S/c1-12-7-17(13(2)22(12)10-16-5-4-6-27-16)19(24)11-26-20(25)18-8-15(9-21-18)14(3)23/h4-9,21H,10-11H2,1-3H3. The number of ketones is 2. The molecule has 0 amide bonds. The first-order chi connectivity index (χ1) is 12.9. The van der Waals surface area contributed by atoms with Gasteiger partial charge in [-0.25, -0.2) is 4.79 Å². The van der Waals surface area contributed by atoms with Gasteiger partial charge in [0.15, 0.2) is 12.4 Å². The van der Waals surface area contributed by atoms with E-state index in [1.807, 2.05) is 31.4 Å². The zero-order valence-electron chi connectivity index (χ0n) is 15.4. The molecule has 3 aromatic heterocycles. The van der Waals surface area contributed by atoms with Crippen molar-refractivity contribution in [3.8, 4) is 0 Å². The number of hydrogen-bond donors (Lipinski definition) is 1. The minimum absolute atomic E-state index is 0.149. The van der Waals surface area contributed by atoms with Crippen molar-refractivity contribution in [1.82, 2.24) is 9.55 Å². The Kier molecular flexibility index (Phi) is 5.41. The van der Waals surface area contributed by atoms with Crippen molar-refractivity contribution >= 4 is 28.9 Å². The number of H-pyrrole nitrogens is 1. The predicted molar refractivity (Wildman–Crippen MR) is 103 cm³/mol. The molecule has 0 aliphatic rings. The van der Waals surface area contributed by atoms with Crippen molar-refractivity contribution in [1.29, 1.82) is 0 Å². The van der Waals surface area contributed by atoms with Gasteiger partial charge in [0.05, 0.1) is 6.54 Å². The van der Waals surface area contributed by atoms with Gasteiger partial charge in [-0.1, -0.05) is 6.07 Å². The number of aromatic nitrogens is 2. The Morgan fingerprint density at radius 1 is 1.22 bits per heavy atom. The van der Waals surface area contributed by atoms with Crippen molar-refractivity contribution < 1.29 is 19.1 Å². The second kappa shape index (κ2) is 7.75. The molecule has 0 aliphatic carbocycles. The quantitative estimate of drug-likeness (QED) is 0.496. The number of hydrogen-bond acceptors (Lipinski definition) is 5. The lowest BCUT2D eigenvalue weighted by molar-refractivity contribution is 0.0469. The van der Waals surface area contributed by atoms with Crippen LogP contribution in [0.1, 0.15) is 54.4 Å². The van der Waals surface area contributed by atoms with E-state index in [0.29, 0.717) is 17.7 Å². The molecule has 0 spiro atoms. The molecule has 27 heavy (non-hydrogen) atoms. The van der Waals surface area contributed by atoms with Gasteiger partial charge in [-0.2, -0.15) is 0 Å². The summed E-state index contributed by atoms with van der Waals surface area (Å²) in [6.07, 6.45) is 1.44. The molecule has 0 atom stereocenters. The zero-order valence-corrected chi connectivity index (χ0v) is 16.2. The normalized spacial score (nSPS) is 10.8. The number of aromatic amines is 1. The van der Waals surface area contributed by atoms with Crippen molar-refractivity contribution in [3.63, 3.8) is 0 Å². The van der Waals surface area contributed by atoms with Crippen LogP contribution in [-0.2, 0) is 11.3 Å². The number of nitrogens with one attached hydrogen (secondary N) is 1. The Morgan fingerprint density at radius 3 is 2.63 bits per heavy atom. The largest absolute Gasteiger partial charge is 0.453 e. The lowest BCUT2D eigenvalue weighted by Gasteiger charge is -2.08. The van der Waals surface area contributed by atoms with E-state index in [-0.39, 0.29) is 23.9 Å². The topological polar surface area (TPSA) is 81.2 Å². The van der Waals surface area contributed by atoms with Gasteiger partial charge < -0.3 is 14.3 Å². The molecule has 0 fully saturated rings. The van der Waals surface area contributed by atoms with E-state index >= 15 is 0 Å². The van der Waals surface area contributed by atoms with Gasteiger partial charge in [-0.3, -0.25) is 9.59 Å². The number of carbonyl (C=O) groups excluding carboxylic acids is 3. The first-order valence-electron chi connectivity index (χ1n) is 8.45. The highest BCUT2D eigenvalue weighted by Crippen LogP contribution is 2.20. The summed E-state index contributed by atoms with van der Waals surface area (Å²) < 4.78 is 7.18. The summed E-state index contributed by atoms with van der Waals surface area (Å²) in [5, 5.41) is 2.02. The third-order valence-electron chi connectivity index (χ3n) is 4.41. The molecule has 3 rings (SSSR count). The first kappa shape index (κ1) is 18.8. The van der Waals surface area contributed by atoms with E-state index in [1.54, 1.807) is 11.3 Å². The van der Waals surface area contributed by atoms with Crippen LogP contribution in [0.5, 0.6) is 0 Å². The molecule has 0 radical (unpaired) electrons. The zero-order chi connectivity index (χ0) is 19.6. The van der Waals surface area contributed by atoms with Gasteiger partial charge in [0.2, 0.25) is 5.78 Å². The number of thiophene rings is 1. The van der Waals surface area contributed by atoms with Crippen LogP contribution in [0, 0.1) is 13.8 Å². The summed E-state index contributed by atoms with van der Waals surface area (Å²) in [7, 11) is 0. The number of ether oxygens (including phenoxy) is 1. The number of aryl methyl sites for hydroxylation is 1. The van der Waals surface area contributed by atoms with Gasteiger partial charge in [0, 0.05) is 33.6 Å². The highest BCUT2D eigenvalue weighted by Gasteiger charge is 2.19. The minimum Gasteiger partial charge on any atom is -0.453 e. The molecule has 0 saturated carbocycles. The van der Waals surface area contributed by atoms with Gasteiger partial charge in [-0.15, -0.1) is 11.3 Å². The molecule has 0 aromatic carbocycles. The monoisotopic (exact) mass is 384 g/mol. The van der Waals surface area contributed by atoms with Crippen LogP contribution in [-0.4, -0.2) is 33.7 Å². The lowest BCUT2D eigenvalue weighted by Crippen LogP contribution is -2.15. The van der Waals surface area contributed by atoms with E-state index in [9.17, 15) is 14.4 Å². The van der Waals surface area contributed by atoms with Crippen molar-refractivity contribution in [2.45, 2.75) is 27.3 Å². The fourth-order valence-corrected chi connectivity index (χ4v) is 3.58. The highest BCUT2D eigenvalue weighted by atomic mass is 32.1. The molecule has 7 heteroatoms. The van der Waals surface area contributed by atoms with E-state index in [1.165, 1.54) is 24.1 Å². The molecule has 3 aromatic rings. The van der Waals surface area contributed by atoms with Crippen molar-refractivity contribution in [3.05, 3.63) is 68.9 Å². The number of nitrogens with zero attached hydrogens (tertiary/aromatic N) is 1. The fraction of sp³-hybridized carbons (Fsp3) is 0.250. The third-order valence-corrected chi connectivity index (χ3v) is 5.27. The molecule has 0 aliphatic heterocycles. The number of Topliss-reactive ketones (excluding diaryl/α,β-unsaturated/α-hetero) is 2. The van der Waals surface area contributed by atoms with Crippen molar-refractivity contribution in [2.24, 2.45) is 0 Å². The van der Waals surface area contributed by atoms with E-state index in [4.69, 9.17) is 4.74 Å². The number of rotatable bonds is 7. The number of esters is 1. The van der Waals surface area contributed by atoms with Crippen LogP contribution in [0.4, 0.5) is 0 Å². The Hall–Kier alpha value is -2.93. The van der Waals surface area contributed by atoms with Crippen LogP contribution in [0.15, 0.2) is 35.8 Å². The maximum atomic E-state index is 12.5. The molecule has 140 valence electrons. The summed E-state index contributed by atoms with van der Waals surface area (Å²) >= 11 is 1.67. The van der Waals surface area contributed by atoms with E-state index in [2.05, 4.69) is 15.6 Å². The highest BCUT2D eigenvalue weighted by molar-refractivity contribution is 7.09. The summed E-state index contributed by atoms with van der Waals surface area (Å²) in [4.78, 5) is 39.8. The molecule has 0 unspecified atom stereocenters. The molecular formula is C20H20N2O4S. The number of carbonyl (C=O) groups is 3. The maximum Gasteiger partial charge on any atom is 0.355 e. The fourth-order valence-electron chi connectivity index (χ4n) is 2.89. The van der Waals surface area contributed by atoms with E-state index in [0.717, 1.165) is 11.4 Å². The Morgan fingerprint density at radius 2 is 2.00 bits per heavy atom. The summed E-state index contributed by atoms with van der Waals surface area (Å²) in [6, 6.07) is 7.29. The minimum atomic E-state index is -0.664. The van der Waals surface area contributed by atoms with Crippen LogP contribution < -0.4 is 0 Å². The van der Waals surface area contributed by atoms with Crippen LogP contribution in [0.3, 0.4) is 0 Å². The Labute approximate surface area is 160 Å². The molecule has 0 saturated heterocycles. The smallest absolute Gasteiger partial charge is 0.355 e. The molecule has 0 bridgehead atoms. The summed E-state index contributed by atoms with van der Waals surface area (Å²) in [5.74, 6) is -1.07. The van der Waals surface area contributed by atoms with Gasteiger partial charge in [-0.05, 0) is 44.4 Å². The van der Waals surface area contributed by atoms with Gasteiger partial charge in [0.1, 0.15) is 5.69 Å². The van der Waals surface area contributed by atoms with Crippen molar-refractivity contribution in [2.75, 3.05) is 6.61 Å². The third kappa shape index (κ3) is 4.09. The van der Waals surface area contributed by atoms with Crippen LogP contribution in [0.2, 0.25) is 0 Å². The predicted octanol–water partition coefficient (Wildman–Crippen LogP) is 3.79. The first-order valence-corrected chi connectivity index (χ1v) is 9.33. The summed E-state index contributed by atoms with van der Waals surface area (Å²) in [6.45, 7) is 5.61. The Bertz CT molecular complexity index is 996. The van der Waals surface area contributed by atoms with Crippen LogP contribution >= 0.6 is 11.3 Å². The molecule has 6 nitrogen and oxygen atoms in total. The average molecular weight is 384 g/mol. The van der Waals surface area contributed by atoms with E-state index < -0.39 is 5.97 Å². The SMILES string of the molecule is CC(=O)c1c[nH]c(C(=O)OCC(=O)c2cc(C)n(Cc3cccs3)c2C)c1. The Balaban J connectivity index is 1.67. The second-order valence-electron chi connectivity index (χ2n) is 6.31. The lowest BCUT2D eigenvalue weighted by atomic mass is 10.1. The maximum absolute atomic E-state index is 12.5. The van der Waals surface area contributed by atoms with Gasteiger partial charge >= 0.3 is 5.97 Å². The summed E-state index contributed by atoms with van der Waals surface area (Å²) in [5.41, 5.74) is 2.92. The van der Waals surface area contributed by atoms with Gasteiger partial charge in [0.25, 0.3) is 0 Å². The molecular weight excluding hydrogens is 364 g/mol. The van der Waals surface area contributed by atoms with Crippen LogP contribution in [0.25, 0.3) is 0 Å². The average Bonchev–Trinajstić information content (AvgIpc) is 3.36. The second-order valence-corrected chi connectivity index (χ2v) is 7.34. The molecule has 3 heterocycles.